The predicted molar refractivity (Wildman–Crippen MR) is 149 cm³/mol. The molecular weight excluding hydrogens is 458 g/mol. The minimum atomic E-state index is -0.196. The van der Waals surface area contributed by atoms with Gasteiger partial charge in [-0.15, -0.1) is 0 Å². The molecule has 5 rings (SSSR count). The number of aliphatic hydroxyl groups excluding tert-OH is 1. The first-order valence-electron chi connectivity index (χ1n) is 14.7. The number of carbonyl (C=O) groups excluding carboxylic acids is 1. The molecule has 2 fully saturated rings. The Kier molecular flexibility index (Phi) is 7.95. The van der Waals surface area contributed by atoms with Gasteiger partial charge in [-0.1, -0.05) is 56.5 Å². The number of unbranched alkanes of at least 4 members (excludes halogenated alkanes) is 4. The van der Waals surface area contributed by atoms with Crippen LogP contribution in [0.5, 0.6) is 5.75 Å². The summed E-state index contributed by atoms with van der Waals surface area (Å²) in [6, 6.07) is 15.4. The number of fused-ring (bicyclic) bond motifs is 5. The van der Waals surface area contributed by atoms with Gasteiger partial charge in [0.1, 0.15) is 5.75 Å². The molecule has 4 nitrogen and oxygen atoms in total. The maximum atomic E-state index is 11.3. The summed E-state index contributed by atoms with van der Waals surface area (Å²) < 4.78 is 0. The fourth-order valence-corrected chi connectivity index (χ4v) is 8.19. The maximum absolute atomic E-state index is 11.3. The highest BCUT2D eigenvalue weighted by molar-refractivity contribution is 5.75. The van der Waals surface area contributed by atoms with Crippen molar-refractivity contribution in [3.63, 3.8) is 0 Å². The second kappa shape index (κ2) is 11.2. The molecule has 3 aliphatic rings. The van der Waals surface area contributed by atoms with Crippen molar-refractivity contribution in [1.82, 2.24) is 5.32 Å². The van der Waals surface area contributed by atoms with Crippen LogP contribution in [-0.4, -0.2) is 29.3 Å². The van der Waals surface area contributed by atoms with E-state index in [9.17, 15) is 15.0 Å². The zero-order valence-electron chi connectivity index (χ0n) is 22.7. The smallest absolute Gasteiger partial charge is 0.219 e. The number of aryl methyl sites for hydroxylation is 2. The number of aliphatic hydroxyl groups is 1. The van der Waals surface area contributed by atoms with E-state index in [0.717, 1.165) is 51.4 Å². The molecule has 0 spiro atoms. The lowest BCUT2D eigenvalue weighted by molar-refractivity contribution is -0.120. The second-order valence-corrected chi connectivity index (χ2v) is 12.3. The first-order valence-corrected chi connectivity index (χ1v) is 14.7. The number of phenolic OH excluding ortho intramolecular Hbond substituents is 1. The Morgan fingerprint density at radius 3 is 2.54 bits per heavy atom. The van der Waals surface area contributed by atoms with Crippen molar-refractivity contribution in [3.8, 4) is 5.75 Å². The summed E-state index contributed by atoms with van der Waals surface area (Å²) in [5.74, 6) is 2.57. The van der Waals surface area contributed by atoms with Crippen LogP contribution in [0.4, 0.5) is 0 Å². The van der Waals surface area contributed by atoms with Gasteiger partial charge in [-0.25, -0.2) is 0 Å². The van der Waals surface area contributed by atoms with E-state index in [1.807, 2.05) is 12.1 Å². The summed E-state index contributed by atoms with van der Waals surface area (Å²) in [5.41, 5.74) is 5.56. The normalized spacial score (nSPS) is 30.3. The summed E-state index contributed by atoms with van der Waals surface area (Å²) in [4.78, 5) is 11.3. The Morgan fingerprint density at radius 1 is 1.00 bits per heavy atom. The molecule has 3 aliphatic carbocycles. The van der Waals surface area contributed by atoms with Crippen molar-refractivity contribution >= 4 is 5.91 Å². The van der Waals surface area contributed by atoms with Crippen LogP contribution in [0, 0.1) is 17.3 Å². The molecule has 0 saturated heterocycles. The molecule has 6 atom stereocenters. The van der Waals surface area contributed by atoms with Gasteiger partial charge in [0.2, 0.25) is 5.91 Å². The molecule has 3 N–H and O–H groups in total. The third kappa shape index (κ3) is 5.32. The topological polar surface area (TPSA) is 69.6 Å². The molecule has 0 radical (unpaired) electrons. The molecule has 4 heteroatoms. The van der Waals surface area contributed by atoms with E-state index >= 15 is 0 Å². The van der Waals surface area contributed by atoms with Crippen molar-refractivity contribution in [2.45, 2.75) is 102 Å². The first kappa shape index (κ1) is 26.3. The average molecular weight is 504 g/mol. The van der Waals surface area contributed by atoms with E-state index in [1.165, 1.54) is 41.5 Å². The molecule has 2 aromatic rings. The number of nitrogens with one attached hydrogen (secondary N) is 1. The van der Waals surface area contributed by atoms with Crippen molar-refractivity contribution in [2.24, 2.45) is 17.3 Å². The lowest BCUT2D eigenvalue weighted by Crippen LogP contribution is -2.47. The van der Waals surface area contributed by atoms with E-state index in [4.69, 9.17) is 0 Å². The van der Waals surface area contributed by atoms with E-state index in [2.05, 4.69) is 42.6 Å². The standard InChI is InChI=1S/C33H45NO3/c1-33-21-28(23-12-10-22(11-13-23)8-6-4-3-5-7-9-31(37)34-2)32-26-17-15-25(35)20-24(26)14-16-27(32)29(33)18-19-30(33)36/h10-13,15,17,20,27-30,32,35-36H,3-9,14,16,18-19,21H2,1-2H3,(H,34,37)/t27?,28-,29?,30+,32?,33+/m1/s1. The van der Waals surface area contributed by atoms with Crippen LogP contribution in [0.1, 0.15) is 105 Å². The van der Waals surface area contributed by atoms with Crippen LogP contribution in [0.2, 0.25) is 0 Å². The highest BCUT2D eigenvalue weighted by Gasteiger charge is 2.57. The van der Waals surface area contributed by atoms with Crippen molar-refractivity contribution in [2.75, 3.05) is 7.05 Å². The monoisotopic (exact) mass is 503 g/mol. The molecule has 0 aliphatic heterocycles. The Morgan fingerprint density at radius 2 is 1.76 bits per heavy atom. The van der Waals surface area contributed by atoms with E-state index in [0.29, 0.717) is 35.8 Å². The summed E-state index contributed by atoms with van der Waals surface area (Å²) >= 11 is 0. The molecule has 0 heterocycles. The molecule has 2 saturated carbocycles. The molecule has 2 aromatic carbocycles. The van der Waals surface area contributed by atoms with E-state index < -0.39 is 0 Å². The summed E-state index contributed by atoms with van der Waals surface area (Å²) in [6.45, 7) is 2.36. The Labute approximate surface area is 222 Å². The quantitative estimate of drug-likeness (QED) is 0.336. The molecule has 0 bridgehead atoms. The van der Waals surface area contributed by atoms with Gasteiger partial charge in [-0.3, -0.25) is 4.79 Å². The molecular formula is C33H45NO3. The van der Waals surface area contributed by atoms with Gasteiger partial charge in [-0.2, -0.15) is 0 Å². The zero-order chi connectivity index (χ0) is 26.0. The lowest BCUT2D eigenvalue weighted by Gasteiger charge is -2.54. The summed E-state index contributed by atoms with van der Waals surface area (Å²) in [6.07, 6.45) is 12.6. The zero-order valence-corrected chi connectivity index (χ0v) is 22.7. The molecule has 0 aromatic heterocycles. The minimum absolute atomic E-state index is 0.00324. The first-order chi connectivity index (χ1) is 17.9. The second-order valence-electron chi connectivity index (χ2n) is 12.3. The Balaban J connectivity index is 1.28. The van der Waals surface area contributed by atoms with Crippen molar-refractivity contribution < 1.29 is 15.0 Å². The van der Waals surface area contributed by atoms with E-state index in [-0.39, 0.29) is 17.4 Å². The number of carbonyl (C=O) groups is 1. The fraction of sp³-hybridized carbons (Fsp3) is 0.606. The molecule has 200 valence electrons. The van der Waals surface area contributed by atoms with Gasteiger partial charge in [-0.05, 0) is 115 Å². The maximum Gasteiger partial charge on any atom is 0.219 e. The average Bonchev–Trinajstić information content (AvgIpc) is 3.21. The fourth-order valence-electron chi connectivity index (χ4n) is 8.19. The van der Waals surface area contributed by atoms with Gasteiger partial charge in [0.15, 0.2) is 0 Å². The van der Waals surface area contributed by atoms with Crippen LogP contribution in [0.15, 0.2) is 42.5 Å². The molecule has 3 unspecified atom stereocenters. The van der Waals surface area contributed by atoms with Gasteiger partial charge < -0.3 is 15.5 Å². The number of amides is 1. The number of phenols is 1. The van der Waals surface area contributed by atoms with Gasteiger partial charge in [0.25, 0.3) is 0 Å². The van der Waals surface area contributed by atoms with Crippen LogP contribution in [0.3, 0.4) is 0 Å². The summed E-state index contributed by atoms with van der Waals surface area (Å²) in [7, 11) is 1.70. The van der Waals surface area contributed by atoms with Crippen LogP contribution in [-0.2, 0) is 17.6 Å². The highest BCUT2D eigenvalue weighted by atomic mass is 16.3. The van der Waals surface area contributed by atoms with Crippen LogP contribution < -0.4 is 5.32 Å². The molecule has 1 amide bonds. The van der Waals surface area contributed by atoms with Crippen molar-refractivity contribution in [1.29, 1.82) is 0 Å². The Bertz CT molecular complexity index is 1080. The highest BCUT2D eigenvalue weighted by Crippen LogP contribution is 2.65. The third-order valence-electron chi connectivity index (χ3n) is 10.2. The largest absolute Gasteiger partial charge is 0.508 e. The van der Waals surface area contributed by atoms with Gasteiger partial charge >= 0.3 is 0 Å². The van der Waals surface area contributed by atoms with Gasteiger partial charge in [0, 0.05) is 13.5 Å². The number of hydrogen-bond donors (Lipinski definition) is 3. The summed E-state index contributed by atoms with van der Waals surface area (Å²) in [5, 5.41) is 23.9. The number of rotatable bonds is 9. The predicted octanol–water partition coefficient (Wildman–Crippen LogP) is 6.63. The van der Waals surface area contributed by atoms with E-state index in [1.54, 1.807) is 7.05 Å². The van der Waals surface area contributed by atoms with Crippen molar-refractivity contribution in [3.05, 3.63) is 64.7 Å². The Hall–Kier alpha value is -2.33. The van der Waals surface area contributed by atoms with Gasteiger partial charge in [0.05, 0.1) is 6.10 Å². The number of aromatic hydroxyl groups is 1. The third-order valence-corrected chi connectivity index (χ3v) is 10.2. The molecule has 37 heavy (non-hydrogen) atoms. The SMILES string of the molecule is CNC(=O)CCCCCCCc1ccc([C@H]2C[C@@]3(C)C(CC[C@@H]3O)C3CCc4cc(O)ccc4C32)cc1. The minimum Gasteiger partial charge on any atom is -0.508 e. The number of benzene rings is 2. The van der Waals surface area contributed by atoms with Crippen LogP contribution in [0.25, 0.3) is 0 Å². The number of hydrogen-bond acceptors (Lipinski definition) is 3. The van der Waals surface area contributed by atoms with Crippen LogP contribution >= 0.6 is 0 Å². The lowest BCUT2D eigenvalue weighted by atomic mass is 9.51.